The molecule has 0 unspecified atom stereocenters. The summed E-state index contributed by atoms with van der Waals surface area (Å²) in [5, 5.41) is 4.76. The van der Waals surface area contributed by atoms with Crippen molar-refractivity contribution >= 4 is 29.3 Å². The number of hydrogen-bond donors (Lipinski definition) is 1. The number of nitrogens with one attached hydrogen (secondary N) is 1. The highest BCUT2D eigenvalue weighted by Gasteiger charge is 2.19. The largest absolute Gasteiger partial charge is 0.268 e. The molecule has 2 aromatic rings. The smallest absolute Gasteiger partial charge is 0.267 e. The molecule has 0 radical (unpaired) electrons. The number of hydrazone groups is 1. The van der Waals surface area contributed by atoms with Gasteiger partial charge in [-0.15, -0.1) is 0 Å². The van der Waals surface area contributed by atoms with Crippen molar-refractivity contribution in [1.82, 2.24) is 5.43 Å². The highest BCUT2D eigenvalue weighted by atomic mass is 35.5. The molecule has 3 nitrogen and oxygen atoms in total. The average molecular weight is 297 g/mol. The van der Waals surface area contributed by atoms with Gasteiger partial charge in [0.05, 0.1) is 5.71 Å². The second kappa shape index (κ2) is 5.94. The SMILES string of the molecule is O=C1NN=C(c2ccccc2)CC1=Cc1ccccc1Cl. The van der Waals surface area contributed by atoms with Crippen LogP contribution in [0.25, 0.3) is 6.08 Å². The van der Waals surface area contributed by atoms with E-state index in [4.69, 9.17) is 11.6 Å². The zero-order valence-electron chi connectivity index (χ0n) is 11.2. The number of nitrogens with zero attached hydrogens (tertiary/aromatic N) is 1. The fraction of sp³-hybridized carbons (Fsp3) is 0.0588. The lowest BCUT2D eigenvalue weighted by atomic mass is 9.99. The molecule has 1 N–H and O–H groups in total. The summed E-state index contributed by atoms with van der Waals surface area (Å²) in [6.07, 6.45) is 2.30. The lowest BCUT2D eigenvalue weighted by Crippen LogP contribution is -2.28. The van der Waals surface area contributed by atoms with Gasteiger partial charge in [-0.3, -0.25) is 4.79 Å². The Morgan fingerprint density at radius 2 is 1.76 bits per heavy atom. The van der Waals surface area contributed by atoms with E-state index >= 15 is 0 Å². The van der Waals surface area contributed by atoms with Crippen LogP contribution in [0.15, 0.2) is 65.3 Å². The number of hydrogen-bond acceptors (Lipinski definition) is 2. The van der Waals surface area contributed by atoms with E-state index in [2.05, 4.69) is 10.5 Å². The predicted octanol–water partition coefficient (Wildman–Crippen LogP) is 3.65. The third-order valence-corrected chi connectivity index (χ3v) is 3.63. The molecule has 0 spiro atoms. The molecule has 1 aliphatic rings. The van der Waals surface area contributed by atoms with E-state index in [9.17, 15) is 4.79 Å². The lowest BCUT2D eigenvalue weighted by molar-refractivity contribution is -0.117. The average Bonchev–Trinajstić information content (AvgIpc) is 2.52. The molecule has 3 rings (SSSR count). The van der Waals surface area contributed by atoms with E-state index in [0.717, 1.165) is 16.8 Å². The molecule has 0 fully saturated rings. The third-order valence-electron chi connectivity index (χ3n) is 3.28. The highest BCUT2D eigenvalue weighted by Crippen LogP contribution is 2.22. The summed E-state index contributed by atoms with van der Waals surface area (Å²) in [4.78, 5) is 12.0. The summed E-state index contributed by atoms with van der Waals surface area (Å²) >= 11 is 6.14. The van der Waals surface area contributed by atoms with E-state index in [0.29, 0.717) is 17.0 Å². The summed E-state index contributed by atoms with van der Waals surface area (Å²) in [6.45, 7) is 0. The Morgan fingerprint density at radius 3 is 2.52 bits per heavy atom. The molecule has 1 amide bonds. The van der Waals surface area contributed by atoms with Gasteiger partial charge in [-0.05, 0) is 23.3 Å². The predicted molar refractivity (Wildman–Crippen MR) is 85.2 cm³/mol. The van der Waals surface area contributed by atoms with Crippen LogP contribution in [-0.2, 0) is 4.79 Å². The first kappa shape index (κ1) is 13.6. The Balaban J connectivity index is 1.93. The van der Waals surface area contributed by atoms with Crippen molar-refractivity contribution in [2.75, 3.05) is 0 Å². The molecular weight excluding hydrogens is 284 g/mol. The summed E-state index contributed by atoms with van der Waals surface area (Å²) in [6, 6.07) is 17.3. The van der Waals surface area contributed by atoms with Crippen LogP contribution in [-0.4, -0.2) is 11.6 Å². The molecule has 104 valence electrons. The molecule has 1 heterocycles. The Morgan fingerprint density at radius 1 is 1.05 bits per heavy atom. The van der Waals surface area contributed by atoms with E-state index in [-0.39, 0.29) is 5.91 Å². The van der Waals surface area contributed by atoms with Gasteiger partial charge in [-0.25, -0.2) is 5.43 Å². The monoisotopic (exact) mass is 296 g/mol. The number of halogens is 1. The fourth-order valence-electron chi connectivity index (χ4n) is 2.18. The molecule has 0 bridgehead atoms. The van der Waals surface area contributed by atoms with Crippen LogP contribution in [0, 0.1) is 0 Å². The van der Waals surface area contributed by atoms with Gasteiger partial charge >= 0.3 is 0 Å². The molecule has 0 atom stereocenters. The van der Waals surface area contributed by atoms with Crippen LogP contribution >= 0.6 is 11.6 Å². The first-order chi connectivity index (χ1) is 10.2. The molecular formula is C17H13ClN2O. The summed E-state index contributed by atoms with van der Waals surface area (Å²) in [5.74, 6) is -0.186. The quantitative estimate of drug-likeness (QED) is 0.845. The normalized spacial score (nSPS) is 16.5. The van der Waals surface area contributed by atoms with Crippen molar-refractivity contribution in [1.29, 1.82) is 0 Å². The van der Waals surface area contributed by atoms with Gasteiger partial charge in [0.15, 0.2) is 0 Å². The standard InChI is InChI=1S/C17H13ClN2O/c18-15-9-5-4-8-13(15)10-14-11-16(19-20-17(14)21)12-6-2-1-3-7-12/h1-10H,11H2,(H,20,21). The summed E-state index contributed by atoms with van der Waals surface area (Å²) in [7, 11) is 0. The lowest BCUT2D eigenvalue weighted by Gasteiger charge is -2.15. The number of benzene rings is 2. The molecule has 21 heavy (non-hydrogen) atoms. The molecule has 1 aliphatic heterocycles. The molecule has 2 aromatic carbocycles. The van der Waals surface area contributed by atoms with Gasteiger partial charge in [0, 0.05) is 17.0 Å². The van der Waals surface area contributed by atoms with Crippen molar-refractivity contribution in [2.45, 2.75) is 6.42 Å². The van der Waals surface area contributed by atoms with E-state index in [1.54, 1.807) is 6.07 Å². The fourth-order valence-corrected chi connectivity index (χ4v) is 2.37. The minimum absolute atomic E-state index is 0.186. The van der Waals surface area contributed by atoms with Crippen molar-refractivity contribution in [3.05, 3.63) is 76.3 Å². The van der Waals surface area contributed by atoms with E-state index < -0.39 is 0 Å². The van der Waals surface area contributed by atoms with Crippen LogP contribution in [0.5, 0.6) is 0 Å². The molecule has 0 aliphatic carbocycles. The number of carbonyl (C=O) groups excluding carboxylic acids is 1. The number of amides is 1. The second-order valence-corrected chi connectivity index (χ2v) is 5.14. The van der Waals surface area contributed by atoms with Crippen molar-refractivity contribution in [2.24, 2.45) is 5.10 Å². The highest BCUT2D eigenvalue weighted by molar-refractivity contribution is 6.32. The van der Waals surface area contributed by atoms with Gasteiger partial charge in [0.25, 0.3) is 5.91 Å². The minimum atomic E-state index is -0.186. The van der Waals surface area contributed by atoms with Gasteiger partial charge in [-0.2, -0.15) is 5.10 Å². The van der Waals surface area contributed by atoms with Gasteiger partial charge in [0.1, 0.15) is 0 Å². The first-order valence-corrected chi connectivity index (χ1v) is 6.99. The maximum Gasteiger partial charge on any atom is 0.267 e. The number of rotatable bonds is 2. The Hall–Kier alpha value is -2.39. The zero-order chi connectivity index (χ0) is 14.7. The molecule has 0 saturated heterocycles. The second-order valence-electron chi connectivity index (χ2n) is 4.73. The van der Waals surface area contributed by atoms with Crippen LogP contribution in [0.3, 0.4) is 0 Å². The van der Waals surface area contributed by atoms with Gasteiger partial charge < -0.3 is 0 Å². The van der Waals surface area contributed by atoms with E-state index in [1.807, 2.05) is 54.6 Å². The maximum atomic E-state index is 12.0. The molecule has 4 heteroatoms. The van der Waals surface area contributed by atoms with Crippen LogP contribution in [0.4, 0.5) is 0 Å². The summed E-state index contributed by atoms with van der Waals surface area (Å²) in [5.41, 5.74) is 5.88. The Bertz CT molecular complexity index is 735. The van der Waals surface area contributed by atoms with Crippen molar-refractivity contribution in [3.63, 3.8) is 0 Å². The molecule has 0 saturated carbocycles. The van der Waals surface area contributed by atoms with Crippen molar-refractivity contribution < 1.29 is 4.79 Å². The molecule has 0 aromatic heterocycles. The topological polar surface area (TPSA) is 41.5 Å². The van der Waals surface area contributed by atoms with Gasteiger partial charge in [0.2, 0.25) is 0 Å². The Kier molecular flexibility index (Phi) is 3.84. The third kappa shape index (κ3) is 3.03. The first-order valence-electron chi connectivity index (χ1n) is 6.61. The van der Waals surface area contributed by atoms with Crippen LogP contribution < -0.4 is 5.43 Å². The number of carbonyl (C=O) groups is 1. The van der Waals surface area contributed by atoms with Crippen LogP contribution in [0.1, 0.15) is 17.5 Å². The maximum absolute atomic E-state index is 12.0. The summed E-state index contributed by atoms with van der Waals surface area (Å²) < 4.78 is 0. The Labute approximate surface area is 127 Å². The minimum Gasteiger partial charge on any atom is -0.268 e. The van der Waals surface area contributed by atoms with E-state index in [1.165, 1.54) is 0 Å². The van der Waals surface area contributed by atoms with Crippen LogP contribution in [0.2, 0.25) is 5.02 Å². The zero-order valence-corrected chi connectivity index (χ0v) is 12.0. The van der Waals surface area contributed by atoms with Gasteiger partial charge in [-0.1, -0.05) is 60.1 Å². The van der Waals surface area contributed by atoms with Crippen molar-refractivity contribution in [3.8, 4) is 0 Å².